The molecule has 2 unspecified atom stereocenters. The Morgan fingerprint density at radius 3 is 2.93 bits per heavy atom. The standard InChI is InChI=1S/C10H18N4O/c1-6-12-9(11)10(13-6)14-7-4-3-5-8(7)15-2/h7-8,14H,3-5,11H2,1-2H3,(H,12,13). The molecule has 0 aromatic carbocycles. The molecule has 1 aromatic rings. The maximum Gasteiger partial charge on any atom is 0.169 e. The summed E-state index contributed by atoms with van der Waals surface area (Å²) in [6.07, 6.45) is 3.70. The van der Waals surface area contributed by atoms with Crippen LogP contribution in [0.3, 0.4) is 0 Å². The summed E-state index contributed by atoms with van der Waals surface area (Å²) in [5, 5.41) is 3.34. The van der Waals surface area contributed by atoms with E-state index < -0.39 is 0 Å². The van der Waals surface area contributed by atoms with Crippen molar-refractivity contribution in [2.45, 2.75) is 38.3 Å². The molecule has 0 saturated heterocycles. The molecule has 0 bridgehead atoms. The van der Waals surface area contributed by atoms with Gasteiger partial charge < -0.3 is 20.8 Å². The van der Waals surface area contributed by atoms with E-state index in [4.69, 9.17) is 10.5 Å². The monoisotopic (exact) mass is 210 g/mol. The van der Waals surface area contributed by atoms with Crippen molar-refractivity contribution in [3.05, 3.63) is 5.82 Å². The number of methoxy groups -OCH3 is 1. The molecule has 0 aliphatic heterocycles. The number of anilines is 2. The zero-order valence-electron chi connectivity index (χ0n) is 9.21. The van der Waals surface area contributed by atoms with E-state index in [0.29, 0.717) is 11.9 Å². The number of imidazole rings is 1. The first-order chi connectivity index (χ1) is 7.20. The maximum atomic E-state index is 5.79. The number of H-pyrrole nitrogens is 1. The molecule has 2 atom stereocenters. The molecule has 1 aliphatic carbocycles. The van der Waals surface area contributed by atoms with Crippen LogP contribution in [0.2, 0.25) is 0 Å². The Kier molecular flexibility index (Phi) is 2.81. The summed E-state index contributed by atoms with van der Waals surface area (Å²) >= 11 is 0. The number of rotatable bonds is 3. The van der Waals surface area contributed by atoms with Gasteiger partial charge in [-0.25, -0.2) is 4.98 Å². The van der Waals surface area contributed by atoms with Gasteiger partial charge in [-0.3, -0.25) is 0 Å². The lowest BCUT2D eigenvalue weighted by Crippen LogP contribution is -2.30. The summed E-state index contributed by atoms with van der Waals surface area (Å²) in [4.78, 5) is 7.27. The molecule has 1 aromatic heterocycles. The minimum atomic E-state index is 0.279. The maximum absolute atomic E-state index is 5.79. The Morgan fingerprint density at radius 2 is 2.33 bits per heavy atom. The summed E-state index contributed by atoms with van der Waals surface area (Å²) in [5.74, 6) is 2.19. The highest BCUT2D eigenvalue weighted by molar-refractivity contribution is 5.57. The van der Waals surface area contributed by atoms with Gasteiger partial charge in [0.2, 0.25) is 0 Å². The van der Waals surface area contributed by atoms with E-state index in [1.165, 1.54) is 6.42 Å². The number of nitrogens with zero attached hydrogens (tertiary/aromatic N) is 1. The van der Waals surface area contributed by atoms with Crippen LogP contribution in [0.4, 0.5) is 11.6 Å². The van der Waals surface area contributed by atoms with Crippen LogP contribution in [0, 0.1) is 6.92 Å². The van der Waals surface area contributed by atoms with E-state index in [1.54, 1.807) is 7.11 Å². The van der Waals surface area contributed by atoms with Gasteiger partial charge >= 0.3 is 0 Å². The van der Waals surface area contributed by atoms with Crippen molar-refractivity contribution in [3.8, 4) is 0 Å². The van der Waals surface area contributed by atoms with E-state index in [-0.39, 0.29) is 6.10 Å². The first-order valence-corrected chi connectivity index (χ1v) is 5.32. The molecule has 84 valence electrons. The van der Waals surface area contributed by atoms with E-state index in [0.717, 1.165) is 24.5 Å². The van der Waals surface area contributed by atoms with Gasteiger partial charge in [-0.2, -0.15) is 0 Å². The third-order valence-corrected chi connectivity index (χ3v) is 2.93. The average molecular weight is 210 g/mol. The number of ether oxygens (including phenoxy) is 1. The van der Waals surface area contributed by atoms with Crippen LogP contribution in [0.1, 0.15) is 25.1 Å². The molecule has 0 radical (unpaired) electrons. The van der Waals surface area contributed by atoms with Gasteiger partial charge in [-0.15, -0.1) is 0 Å². The van der Waals surface area contributed by atoms with Crippen LogP contribution in [0.5, 0.6) is 0 Å². The molecule has 1 saturated carbocycles. The molecule has 5 heteroatoms. The summed E-state index contributed by atoms with van der Waals surface area (Å²) in [5.41, 5.74) is 5.79. The van der Waals surface area contributed by atoms with E-state index in [9.17, 15) is 0 Å². The van der Waals surface area contributed by atoms with Gasteiger partial charge in [-0.05, 0) is 26.2 Å². The Balaban J connectivity index is 2.05. The Morgan fingerprint density at radius 1 is 1.53 bits per heavy atom. The lowest BCUT2D eigenvalue weighted by Gasteiger charge is -2.19. The highest BCUT2D eigenvalue weighted by Gasteiger charge is 2.27. The van der Waals surface area contributed by atoms with Crippen LogP contribution in [-0.4, -0.2) is 29.2 Å². The molecule has 2 rings (SSSR count). The number of nitrogens with one attached hydrogen (secondary N) is 2. The van der Waals surface area contributed by atoms with Crippen molar-refractivity contribution >= 4 is 11.6 Å². The normalized spacial score (nSPS) is 25.7. The van der Waals surface area contributed by atoms with Crippen molar-refractivity contribution in [1.29, 1.82) is 0 Å². The van der Waals surface area contributed by atoms with Gasteiger partial charge in [0.25, 0.3) is 0 Å². The SMILES string of the molecule is COC1CCCC1Nc1nc(C)[nH]c1N. The second-order valence-corrected chi connectivity index (χ2v) is 4.04. The van der Waals surface area contributed by atoms with Crippen LogP contribution in [0.15, 0.2) is 0 Å². The summed E-state index contributed by atoms with van der Waals surface area (Å²) < 4.78 is 5.40. The molecule has 5 nitrogen and oxygen atoms in total. The summed E-state index contributed by atoms with van der Waals surface area (Å²) in [6.45, 7) is 1.89. The third-order valence-electron chi connectivity index (χ3n) is 2.93. The Bertz CT molecular complexity index is 336. The highest BCUT2D eigenvalue weighted by atomic mass is 16.5. The first-order valence-electron chi connectivity index (χ1n) is 5.32. The van der Waals surface area contributed by atoms with Crippen molar-refractivity contribution in [3.63, 3.8) is 0 Å². The van der Waals surface area contributed by atoms with Crippen molar-refractivity contribution in [2.75, 3.05) is 18.2 Å². The number of hydrogen-bond donors (Lipinski definition) is 3. The topological polar surface area (TPSA) is 76.0 Å². The summed E-state index contributed by atoms with van der Waals surface area (Å²) in [6, 6.07) is 0.333. The van der Waals surface area contributed by atoms with Crippen LogP contribution >= 0.6 is 0 Å². The van der Waals surface area contributed by atoms with Gasteiger partial charge in [0.15, 0.2) is 5.82 Å². The van der Waals surface area contributed by atoms with Crippen molar-refractivity contribution < 1.29 is 4.74 Å². The van der Waals surface area contributed by atoms with Crippen LogP contribution in [0.25, 0.3) is 0 Å². The predicted molar refractivity (Wildman–Crippen MR) is 59.8 cm³/mol. The minimum Gasteiger partial charge on any atom is -0.382 e. The fraction of sp³-hybridized carbons (Fsp3) is 0.700. The Labute approximate surface area is 89.4 Å². The van der Waals surface area contributed by atoms with Crippen molar-refractivity contribution in [2.24, 2.45) is 0 Å². The lowest BCUT2D eigenvalue weighted by molar-refractivity contribution is 0.101. The van der Waals surface area contributed by atoms with Gasteiger partial charge in [0, 0.05) is 7.11 Å². The van der Waals surface area contributed by atoms with Crippen molar-refractivity contribution in [1.82, 2.24) is 9.97 Å². The molecule has 1 fully saturated rings. The number of aromatic amines is 1. The third kappa shape index (κ3) is 2.07. The largest absolute Gasteiger partial charge is 0.382 e. The Hall–Kier alpha value is -1.23. The zero-order chi connectivity index (χ0) is 10.8. The first kappa shape index (κ1) is 10.3. The van der Waals surface area contributed by atoms with E-state index in [1.807, 2.05) is 6.92 Å². The van der Waals surface area contributed by atoms with Gasteiger partial charge in [0.1, 0.15) is 11.6 Å². The van der Waals surface area contributed by atoms with Crippen LogP contribution in [-0.2, 0) is 4.74 Å². The second kappa shape index (κ2) is 4.10. The number of nitrogen functional groups attached to an aromatic ring is 1. The quantitative estimate of drug-likeness (QED) is 0.702. The number of aromatic nitrogens is 2. The van der Waals surface area contributed by atoms with Gasteiger partial charge in [-0.1, -0.05) is 0 Å². The molecule has 15 heavy (non-hydrogen) atoms. The number of nitrogens with two attached hydrogens (primary N) is 1. The zero-order valence-corrected chi connectivity index (χ0v) is 9.21. The van der Waals surface area contributed by atoms with Crippen LogP contribution < -0.4 is 11.1 Å². The number of aryl methyl sites for hydroxylation is 1. The fourth-order valence-electron chi connectivity index (χ4n) is 2.17. The second-order valence-electron chi connectivity index (χ2n) is 4.04. The highest BCUT2D eigenvalue weighted by Crippen LogP contribution is 2.26. The molecular formula is C10H18N4O. The molecule has 1 heterocycles. The molecule has 0 amide bonds. The van der Waals surface area contributed by atoms with E-state index in [2.05, 4.69) is 15.3 Å². The summed E-state index contributed by atoms with van der Waals surface area (Å²) in [7, 11) is 1.75. The van der Waals surface area contributed by atoms with Gasteiger partial charge in [0.05, 0.1) is 12.1 Å². The number of hydrogen-bond acceptors (Lipinski definition) is 4. The smallest absolute Gasteiger partial charge is 0.169 e. The molecular weight excluding hydrogens is 192 g/mol. The fourth-order valence-corrected chi connectivity index (χ4v) is 2.17. The average Bonchev–Trinajstić information content (AvgIpc) is 2.74. The molecule has 1 aliphatic rings. The predicted octanol–water partition coefficient (Wildman–Crippen LogP) is 1.28. The molecule has 4 N–H and O–H groups in total. The lowest BCUT2D eigenvalue weighted by atomic mass is 10.2. The van der Waals surface area contributed by atoms with E-state index >= 15 is 0 Å². The minimum absolute atomic E-state index is 0.279. The molecule has 0 spiro atoms.